The Morgan fingerprint density at radius 1 is 0.680 bits per heavy atom. The van der Waals surface area contributed by atoms with Crippen molar-refractivity contribution < 1.29 is 31.9 Å². The summed E-state index contributed by atoms with van der Waals surface area (Å²) in [6, 6.07) is 25.7. The van der Waals surface area contributed by atoms with Crippen molar-refractivity contribution >= 4 is 23.2 Å². The van der Waals surface area contributed by atoms with Crippen LogP contribution in [0.3, 0.4) is 0 Å². The van der Waals surface area contributed by atoms with Gasteiger partial charge in [0.15, 0.2) is 5.78 Å². The number of Topliss-reactive ketones (excluding diaryl/α,β-unsaturated/α-hetero) is 2. The van der Waals surface area contributed by atoms with Crippen LogP contribution in [0.1, 0.15) is 33.5 Å². The number of hydrogen-bond acceptors (Lipinski definition) is 5. The first-order chi connectivity index (χ1) is 24.1. The Kier molecular flexibility index (Phi) is 10.0. The van der Waals surface area contributed by atoms with Crippen molar-refractivity contribution in [1.29, 1.82) is 0 Å². The number of nitrogens with zero attached hydrogens (tertiary/aromatic N) is 3. The van der Waals surface area contributed by atoms with Gasteiger partial charge in [0.25, 0.3) is 11.5 Å². The lowest BCUT2D eigenvalue weighted by Gasteiger charge is -2.35. The van der Waals surface area contributed by atoms with E-state index < -0.39 is 70.3 Å². The molecule has 1 aromatic heterocycles. The second-order valence-corrected chi connectivity index (χ2v) is 12.0. The molecular weight excluding hydrogens is 650 g/mol. The molecule has 0 atom stereocenters. The average molecular weight is 682 g/mol. The fraction of sp³-hybridized carbons (Fsp3) is 0.179. The minimum absolute atomic E-state index is 0.0698. The fourth-order valence-corrected chi connectivity index (χ4v) is 6.02. The molecule has 2 heterocycles. The van der Waals surface area contributed by atoms with E-state index in [2.05, 4.69) is 4.90 Å². The minimum Gasteiger partial charge on any atom is -0.368 e. The van der Waals surface area contributed by atoms with Crippen molar-refractivity contribution in [1.82, 2.24) is 9.47 Å². The van der Waals surface area contributed by atoms with Crippen molar-refractivity contribution in [2.45, 2.75) is 19.4 Å². The summed E-state index contributed by atoms with van der Waals surface area (Å²) in [5.41, 5.74) is 1.39. The van der Waals surface area contributed by atoms with E-state index in [9.17, 15) is 36.7 Å². The highest BCUT2D eigenvalue weighted by Crippen LogP contribution is 2.24. The van der Waals surface area contributed by atoms with Crippen LogP contribution < -0.4 is 10.5 Å². The third-order valence-corrected chi connectivity index (χ3v) is 8.69. The van der Waals surface area contributed by atoms with Crippen LogP contribution in [-0.2, 0) is 22.6 Å². The van der Waals surface area contributed by atoms with E-state index in [1.54, 1.807) is 6.07 Å². The largest absolute Gasteiger partial charge is 0.368 e. The van der Waals surface area contributed by atoms with Gasteiger partial charge in [-0.3, -0.25) is 19.2 Å². The van der Waals surface area contributed by atoms with Crippen LogP contribution in [0.4, 0.5) is 23.2 Å². The standard InChI is InChI=1S/C39H31F4N3O4/c40-29-20-34(42)31(35(43)21-29)18-25-19-32(38(49)46(23-25)24-28-8-4-5-9-33(28)41)36(47)22-37(48)39(50)45-16-14-44(15-17-45)30-12-10-27(11-13-30)26-6-2-1-3-7-26/h1-13,19-21,23H,14-18,22,24H2. The summed E-state index contributed by atoms with van der Waals surface area (Å²) in [6.07, 6.45) is -0.185. The number of carbonyl (C=O) groups excluding carboxylic acids is 3. The van der Waals surface area contributed by atoms with Crippen LogP contribution >= 0.6 is 0 Å². The van der Waals surface area contributed by atoms with Crippen LogP contribution in [0.5, 0.6) is 0 Å². The first-order valence-electron chi connectivity index (χ1n) is 15.9. The number of hydrogen-bond donors (Lipinski definition) is 0. The Balaban J connectivity index is 1.16. The first-order valence-corrected chi connectivity index (χ1v) is 15.9. The van der Waals surface area contributed by atoms with Crippen LogP contribution in [0, 0.1) is 23.3 Å². The van der Waals surface area contributed by atoms with Crippen LogP contribution in [-0.4, -0.2) is 53.1 Å². The molecule has 7 nitrogen and oxygen atoms in total. The molecule has 1 saturated heterocycles. The summed E-state index contributed by atoms with van der Waals surface area (Å²) in [5.74, 6) is -6.95. The van der Waals surface area contributed by atoms with Gasteiger partial charge in [0.1, 0.15) is 23.3 Å². The van der Waals surface area contributed by atoms with E-state index in [1.165, 1.54) is 29.3 Å². The molecule has 254 valence electrons. The topological polar surface area (TPSA) is 79.7 Å². The van der Waals surface area contributed by atoms with E-state index in [0.717, 1.165) is 27.4 Å². The molecule has 5 aromatic rings. The maximum Gasteiger partial charge on any atom is 0.290 e. The quantitative estimate of drug-likeness (QED) is 0.0760. The number of rotatable bonds is 10. The molecule has 50 heavy (non-hydrogen) atoms. The predicted octanol–water partition coefficient (Wildman–Crippen LogP) is 6.20. The summed E-state index contributed by atoms with van der Waals surface area (Å²) >= 11 is 0. The number of benzene rings is 4. The van der Waals surface area contributed by atoms with E-state index in [0.29, 0.717) is 25.2 Å². The van der Waals surface area contributed by atoms with Gasteiger partial charge in [-0.15, -0.1) is 0 Å². The summed E-state index contributed by atoms with van der Waals surface area (Å²) in [7, 11) is 0. The Morgan fingerprint density at radius 2 is 1.30 bits per heavy atom. The van der Waals surface area contributed by atoms with Crippen LogP contribution in [0.15, 0.2) is 108 Å². The lowest BCUT2D eigenvalue weighted by molar-refractivity contribution is -0.144. The maximum atomic E-state index is 14.5. The number of amides is 1. The van der Waals surface area contributed by atoms with Gasteiger partial charge in [0.2, 0.25) is 5.78 Å². The van der Waals surface area contributed by atoms with E-state index >= 15 is 0 Å². The molecule has 6 rings (SSSR count). The Morgan fingerprint density at radius 3 is 1.96 bits per heavy atom. The van der Waals surface area contributed by atoms with Crippen molar-refractivity contribution in [2.75, 3.05) is 31.1 Å². The van der Waals surface area contributed by atoms with Gasteiger partial charge in [-0.1, -0.05) is 60.7 Å². The summed E-state index contributed by atoms with van der Waals surface area (Å²) in [6.45, 7) is 1.05. The second kappa shape index (κ2) is 14.7. The molecule has 0 radical (unpaired) electrons. The molecule has 0 aliphatic carbocycles. The molecule has 0 saturated carbocycles. The van der Waals surface area contributed by atoms with Crippen LogP contribution in [0.25, 0.3) is 11.1 Å². The SMILES string of the molecule is O=C(CC(=O)c1cc(Cc2c(F)cc(F)cc2F)cn(Cc2ccccc2F)c1=O)C(=O)N1CCN(c2ccc(-c3ccccc3)cc2)CC1. The number of carbonyl (C=O) groups is 3. The monoisotopic (exact) mass is 681 g/mol. The molecular formula is C39H31F4N3O4. The van der Waals surface area contributed by atoms with E-state index in [1.807, 2.05) is 54.6 Å². The zero-order valence-electron chi connectivity index (χ0n) is 26.8. The van der Waals surface area contributed by atoms with Gasteiger partial charge in [-0.05, 0) is 41.0 Å². The predicted molar refractivity (Wildman–Crippen MR) is 180 cm³/mol. The highest BCUT2D eigenvalue weighted by molar-refractivity contribution is 6.40. The summed E-state index contributed by atoms with van der Waals surface area (Å²) in [4.78, 5) is 56.5. The Labute approximate surface area is 285 Å². The van der Waals surface area contributed by atoms with Crippen molar-refractivity contribution in [3.8, 4) is 11.1 Å². The molecule has 0 unspecified atom stereocenters. The zero-order chi connectivity index (χ0) is 35.4. The number of halogens is 4. The molecule has 1 aliphatic heterocycles. The Bertz CT molecular complexity index is 2100. The third-order valence-electron chi connectivity index (χ3n) is 8.69. The van der Waals surface area contributed by atoms with Gasteiger partial charge in [0, 0.05) is 67.7 Å². The van der Waals surface area contributed by atoms with Gasteiger partial charge in [-0.25, -0.2) is 17.6 Å². The maximum absolute atomic E-state index is 14.5. The number of piperazine rings is 1. The number of aromatic nitrogens is 1. The normalized spacial score (nSPS) is 13.0. The van der Waals surface area contributed by atoms with Gasteiger partial charge >= 0.3 is 0 Å². The molecule has 0 N–H and O–H groups in total. The van der Waals surface area contributed by atoms with E-state index in [-0.39, 0.29) is 30.8 Å². The smallest absolute Gasteiger partial charge is 0.290 e. The minimum atomic E-state index is -1.17. The van der Waals surface area contributed by atoms with Gasteiger partial charge in [-0.2, -0.15) is 0 Å². The number of pyridine rings is 1. The average Bonchev–Trinajstić information content (AvgIpc) is 3.12. The Hall–Kier alpha value is -5.84. The highest BCUT2D eigenvalue weighted by atomic mass is 19.1. The van der Waals surface area contributed by atoms with Crippen molar-refractivity contribution in [3.05, 3.63) is 159 Å². The molecule has 1 amide bonds. The lowest BCUT2D eigenvalue weighted by Crippen LogP contribution is -2.50. The fourth-order valence-electron chi connectivity index (χ4n) is 6.02. The van der Waals surface area contributed by atoms with Crippen LogP contribution in [0.2, 0.25) is 0 Å². The molecule has 0 bridgehead atoms. The third kappa shape index (κ3) is 7.57. The summed E-state index contributed by atoms with van der Waals surface area (Å²) < 4.78 is 58.1. The highest BCUT2D eigenvalue weighted by Gasteiger charge is 2.29. The van der Waals surface area contributed by atoms with Crippen molar-refractivity contribution in [2.24, 2.45) is 0 Å². The van der Waals surface area contributed by atoms with Gasteiger partial charge in [0.05, 0.1) is 18.5 Å². The van der Waals surface area contributed by atoms with Crippen molar-refractivity contribution in [3.63, 3.8) is 0 Å². The molecule has 11 heteroatoms. The molecule has 1 fully saturated rings. The first kappa shape index (κ1) is 34.0. The lowest BCUT2D eigenvalue weighted by atomic mass is 10.00. The zero-order valence-corrected chi connectivity index (χ0v) is 26.8. The van der Waals surface area contributed by atoms with Gasteiger partial charge < -0.3 is 14.4 Å². The number of anilines is 1. The number of ketones is 2. The second-order valence-electron chi connectivity index (χ2n) is 12.0. The molecule has 4 aromatic carbocycles. The molecule has 0 spiro atoms. The van der Waals surface area contributed by atoms with E-state index in [4.69, 9.17) is 0 Å². The molecule has 1 aliphatic rings. The summed E-state index contributed by atoms with van der Waals surface area (Å²) in [5, 5.41) is 0.